The van der Waals surface area contributed by atoms with Gasteiger partial charge in [-0.1, -0.05) is 6.07 Å². The molecule has 0 saturated heterocycles. The minimum absolute atomic E-state index is 0.0751. The summed E-state index contributed by atoms with van der Waals surface area (Å²) in [7, 11) is 0. The molecule has 1 fully saturated rings. The molecule has 2 aromatic heterocycles. The number of ether oxygens (including phenoxy) is 4. The van der Waals surface area contributed by atoms with Crippen LogP contribution in [0, 0.1) is 5.92 Å². The Bertz CT molecular complexity index is 1520. The van der Waals surface area contributed by atoms with Crippen molar-refractivity contribution in [2.45, 2.75) is 82.7 Å². The van der Waals surface area contributed by atoms with Gasteiger partial charge in [-0.25, -0.2) is 9.67 Å². The first-order valence-corrected chi connectivity index (χ1v) is 14.0. The zero-order chi connectivity index (χ0) is 30.5. The van der Waals surface area contributed by atoms with Crippen LogP contribution in [0.25, 0.3) is 5.69 Å². The molecule has 3 aliphatic rings. The minimum atomic E-state index is -4.69. The summed E-state index contributed by atoms with van der Waals surface area (Å²) in [5, 5.41) is 13.3. The normalized spacial score (nSPS) is 23.4. The smallest absolute Gasteiger partial charge is 0.481 e. The van der Waals surface area contributed by atoms with Crippen molar-refractivity contribution in [1.29, 1.82) is 0 Å². The summed E-state index contributed by atoms with van der Waals surface area (Å²) in [6, 6.07) is 7.18. The number of carboxylic acids is 1. The van der Waals surface area contributed by atoms with Crippen LogP contribution in [0.5, 0.6) is 17.4 Å². The highest BCUT2D eigenvalue weighted by Gasteiger charge is 2.44. The van der Waals surface area contributed by atoms with Crippen molar-refractivity contribution in [3.8, 4) is 23.1 Å². The molecule has 1 N–H and O–H groups in total. The number of hydrogen-bond donors (Lipinski definition) is 1. The van der Waals surface area contributed by atoms with E-state index in [1.165, 1.54) is 41.2 Å². The van der Waals surface area contributed by atoms with Gasteiger partial charge in [0, 0.05) is 17.8 Å². The molecule has 3 heterocycles. The number of rotatable bonds is 7. The van der Waals surface area contributed by atoms with E-state index in [0.717, 1.165) is 0 Å². The van der Waals surface area contributed by atoms with Crippen molar-refractivity contribution in [1.82, 2.24) is 14.8 Å². The number of carboxylic acid groups (broad SMARTS) is 1. The molecule has 0 radical (unpaired) electrons. The topological polar surface area (TPSA) is 105 Å². The van der Waals surface area contributed by atoms with Gasteiger partial charge in [0.2, 0.25) is 5.88 Å². The maximum atomic E-state index is 14.1. The molecule has 43 heavy (non-hydrogen) atoms. The molecule has 14 heteroatoms. The van der Waals surface area contributed by atoms with Crippen molar-refractivity contribution < 1.29 is 50.8 Å². The lowest BCUT2D eigenvalue weighted by Gasteiger charge is -2.32. The average molecular weight is 610 g/mol. The summed E-state index contributed by atoms with van der Waals surface area (Å²) in [6.07, 6.45) is -5.64. The number of fused-ring (bicyclic) bond motifs is 2. The first kappa shape index (κ1) is 29.1. The van der Waals surface area contributed by atoms with Crippen molar-refractivity contribution in [2.75, 3.05) is 0 Å². The second-order valence-corrected chi connectivity index (χ2v) is 10.9. The van der Waals surface area contributed by atoms with Crippen molar-refractivity contribution in [3.05, 3.63) is 59.0 Å². The Labute approximate surface area is 242 Å². The Morgan fingerprint density at radius 1 is 1.09 bits per heavy atom. The summed E-state index contributed by atoms with van der Waals surface area (Å²) >= 11 is 0. The van der Waals surface area contributed by atoms with Gasteiger partial charge in [0.25, 0.3) is 0 Å². The van der Waals surface area contributed by atoms with Crippen molar-refractivity contribution >= 4 is 5.97 Å². The second kappa shape index (κ2) is 11.0. The van der Waals surface area contributed by atoms with Gasteiger partial charge in [-0.05, 0) is 75.6 Å². The Morgan fingerprint density at radius 2 is 1.84 bits per heavy atom. The summed E-state index contributed by atoms with van der Waals surface area (Å²) in [5.41, 5.74) is 0.164. The number of nitrogens with zero attached hydrogens (tertiary/aromatic N) is 3. The van der Waals surface area contributed by atoms with Crippen LogP contribution < -0.4 is 14.2 Å². The molecule has 6 rings (SSSR count). The third kappa shape index (κ3) is 5.97. The van der Waals surface area contributed by atoms with Crippen LogP contribution in [0.4, 0.5) is 22.0 Å². The molecule has 2 aliphatic carbocycles. The molecule has 1 aromatic carbocycles. The van der Waals surface area contributed by atoms with E-state index in [1.807, 2.05) is 0 Å². The number of aromatic nitrogens is 3. The predicted molar refractivity (Wildman–Crippen MR) is 138 cm³/mol. The molecular weight excluding hydrogens is 581 g/mol. The minimum Gasteiger partial charge on any atom is -0.481 e. The van der Waals surface area contributed by atoms with E-state index in [4.69, 9.17) is 9.47 Å². The molecule has 1 saturated carbocycles. The highest BCUT2D eigenvalue weighted by Crippen LogP contribution is 2.44. The number of carbonyl (C=O) groups is 1. The Morgan fingerprint density at radius 3 is 2.56 bits per heavy atom. The summed E-state index contributed by atoms with van der Waals surface area (Å²) in [5.74, 6) is -1.48. The third-order valence-electron chi connectivity index (χ3n) is 8.03. The van der Waals surface area contributed by atoms with Gasteiger partial charge in [0.05, 0.1) is 23.4 Å². The van der Waals surface area contributed by atoms with E-state index in [1.54, 1.807) is 6.92 Å². The lowest BCUT2D eigenvalue weighted by molar-refractivity contribution is -0.286. The number of alkyl halides is 5. The number of halogens is 5. The largest absolute Gasteiger partial charge is 0.586 e. The van der Waals surface area contributed by atoms with Crippen LogP contribution in [-0.4, -0.2) is 38.2 Å². The standard InChI is InChI=1S/C29H28F5N3O6/c1-15(17-7-10-21-23(13-17)43-29(33,34)42-21)40-24-14-18(11-12-35-24)37-25-20(26(36-37)28(30,31)32)3-2-4-22(25)41-19-8-5-16(6-9-19)27(38)39/h7,10-16,19,22H,2-6,8-9H2,1H3,(H,38,39)/t15-,16-,19-,22+/m0/s1. The predicted octanol–water partition coefficient (Wildman–Crippen LogP) is 6.79. The molecular formula is C29H28F5N3O6. The van der Waals surface area contributed by atoms with Gasteiger partial charge in [0.15, 0.2) is 17.2 Å². The third-order valence-corrected chi connectivity index (χ3v) is 8.03. The van der Waals surface area contributed by atoms with Gasteiger partial charge in [-0.3, -0.25) is 4.79 Å². The molecule has 2 atom stereocenters. The molecule has 3 aromatic rings. The van der Waals surface area contributed by atoms with Crippen LogP contribution in [0.3, 0.4) is 0 Å². The fourth-order valence-electron chi connectivity index (χ4n) is 5.94. The maximum Gasteiger partial charge on any atom is 0.586 e. The lowest BCUT2D eigenvalue weighted by atomic mass is 9.87. The van der Waals surface area contributed by atoms with Crippen molar-refractivity contribution in [2.24, 2.45) is 5.92 Å². The lowest BCUT2D eigenvalue weighted by Crippen LogP contribution is -2.29. The Hall–Kier alpha value is -3.94. The Balaban J connectivity index is 1.27. The van der Waals surface area contributed by atoms with E-state index >= 15 is 0 Å². The van der Waals surface area contributed by atoms with E-state index < -0.39 is 42.3 Å². The van der Waals surface area contributed by atoms with Gasteiger partial charge in [-0.2, -0.15) is 18.3 Å². The van der Waals surface area contributed by atoms with Gasteiger partial charge in [-0.15, -0.1) is 8.78 Å². The first-order chi connectivity index (χ1) is 20.4. The molecule has 9 nitrogen and oxygen atoms in total. The summed E-state index contributed by atoms with van der Waals surface area (Å²) < 4.78 is 91.6. The van der Waals surface area contributed by atoms with Crippen molar-refractivity contribution in [3.63, 3.8) is 0 Å². The molecule has 0 spiro atoms. The Kier molecular flexibility index (Phi) is 7.43. The van der Waals surface area contributed by atoms with Crippen LogP contribution in [-0.2, 0) is 22.1 Å². The SMILES string of the molecule is C[C@H](Oc1cc(-n2nc(C(F)(F)F)c3c2[C@H](O[C@H]2CC[C@H](C(=O)O)CC2)CCC3)ccn1)c1ccc2c(c1)OC(F)(F)O2. The fourth-order valence-corrected chi connectivity index (χ4v) is 5.94. The van der Waals surface area contributed by atoms with Crippen LogP contribution in [0.15, 0.2) is 36.5 Å². The number of aliphatic carboxylic acids is 1. The zero-order valence-corrected chi connectivity index (χ0v) is 22.9. The number of hydrogen-bond acceptors (Lipinski definition) is 7. The molecule has 1 aliphatic heterocycles. The highest BCUT2D eigenvalue weighted by atomic mass is 19.4. The van der Waals surface area contributed by atoms with E-state index in [0.29, 0.717) is 49.8 Å². The number of benzene rings is 1. The highest BCUT2D eigenvalue weighted by molar-refractivity contribution is 5.70. The summed E-state index contributed by atoms with van der Waals surface area (Å²) in [4.78, 5) is 15.5. The van der Waals surface area contributed by atoms with E-state index in [-0.39, 0.29) is 41.2 Å². The van der Waals surface area contributed by atoms with E-state index in [2.05, 4.69) is 19.6 Å². The van der Waals surface area contributed by atoms with Gasteiger partial charge >= 0.3 is 18.4 Å². The quantitative estimate of drug-likeness (QED) is 0.292. The first-order valence-electron chi connectivity index (χ1n) is 14.0. The van der Waals surface area contributed by atoms with Crippen LogP contribution in [0.2, 0.25) is 0 Å². The second-order valence-electron chi connectivity index (χ2n) is 10.9. The average Bonchev–Trinajstić information content (AvgIpc) is 3.50. The molecule has 230 valence electrons. The van der Waals surface area contributed by atoms with Gasteiger partial charge in [0.1, 0.15) is 12.2 Å². The maximum absolute atomic E-state index is 14.1. The summed E-state index contributed by atoms with van der Waals surface area (Å²) in [6.45, 7) is 1.66. The molecule has 0 amide bonds. The van der Waals surface area contributed by atoms with Gasteiger partial charge < -0.3 is 24.1 Å². The number of pyridine rings is 1. The zero-order valence-electron chi connectivity index (χ0n) is 22.9. The van der Waals surface area contributed by atoms with E-state index in [9.17, 15) is 31.9 Å². The fraction of sp³-hybridized carbons (Fsp3) is 0.483. The molecule has 0 bridgehead atoms. The van der Waals surface area contributed by atoms with Crippen LogP contribution >= 0.6 is 0 Å². The van der Waals surface area contributed by atoms with Crippen LogP contribution in [0.1, 0.15) is 80.2 Å². The molecule has 0 unspecified atom stereocenters. The monoisotopic (exact) mass is 609 g/mol.